The summed E-state index contributed by atoms with van der Waals surface area (Å²) in [5.74, 6) is 2.02. The highest BCUT2D eigenvalue weighted by molar-refractivity contribution is 5.38. The summed E-state index contributed by atoms with van der Waals surface area (Å²) in [4.78, 5) is 0. The molecule has 0 radical (unpaired) electrons. The number of anilines is 1. The molecule has 106 valence electrons. The van der Waals surface area contributed by atoms with Gasteiger partial charge in [0.25, 0.3) is 0 Å². The molecule has 0 atom stereocenters. The van der Waals surface area contributed by atoms with Gasteiger partial charge in [0, 0.05) is 5.92 Å². The third-order valence-corrected chi connectivity index (χ3v) is 3.53. The zero-order valence-electron chi connectivity index (χ0n) is 12.0. The molecule has 5 heteroatoms. The van der Waals surface area contributed by atoms with Crippen molar-refractivity contribution in [1.29, 1.82) is 0 Å². The summed E-state index contributed by atoms with van der Waals surface area (Å²) in [6.45, 7) is 5.40. The molecule has 1 saturated carbocycles. The van der Waals surface area contributed by atoms with Gasteiger partial charge in [0.2, 0.25) is 0 Å². The van der Waals surface area contributed by atoms with Gasteiger partial charge < -0.3 is 10.5 Å². The molecule has 0 spiro atoms. The van der Waals surface area contributed by atoms with Crippen LogP contribution in [0.3, 0.4) is 0 Å². The Morgan fingerprint density at radius 1 is 1.25 bits per heavy atom. The molecule has 1 aromatic carbocycles. The number of nitrogens with two attached hydrogens (primary N) is 1. The topological polar surface area (TPSA) is 66.0 Å². The van der Waals surface area contributed by atoms with E-state index in [9.17, 15) is 0 Å². The first-order valence-electron chi connectivity index (χ1n) is 7.03. The number of hydrogen-bond acceptors (Lipinski definition) is 4. The van der Waals surface area contributed by atoms with E-state index in [0.717, 1.165) is 11.4 Å². The molecule has 1 aliphatic carbocycles. The number of aryl methyl sites for hydroxylation is 2. The first-order valence-corrected chi connectivity index (χ1v) is 7.03. The third kappa shape index (κ3) is 2.76. The van der Waals surface area contributed by atoms with Crippen LogP contribution in [0.5, 0.6) is 5.75 Å². The predicted molar refractivity (Wildman–Crippen MR) is 77.8 cm³/mol. The SMILES string of the molecule is Cc1cc(C)cc(OCCn2nnc(N)c2C2CC2)c1. The first kappa shape index (κ1) is 13.0. The molecule has 0 amide bonds. The molecule has 2 N–H and O–H groups in total. The highest BCUT2D eigenvalue weighted by Gasteiger charge is 2.30. The zero-order chi connectivity index (χ0) is 14.1. The number of ether oxygens (including phenoxy) is 1. The van der Waals surface area contributed by atoms with E-state index in [1.807, 2.05) is 16.8 Å². The van der Waals surface area contributed by atoms with Gasteiger partial charge in [-0.2, -0.15) is 0 Å². The number of hydrogen-bond donors (Lipinski definition) is 1. The molecule has 3 rings (SSSR count). The fraction of sp³-hybridized carbons (Fsp3) is 0.467. The monoisotopic (exact) mass is 272 g/mol. The Morgan fingerprint density at radius 3 is 2.60 bits per heavy atom. The summed E-state index contributed by atoms with van der Waals surface area (Å²) >= 11 is 0. The van der Waals surface area contributed by atoms with Gasteiger partial charge in [0.1, 0.15) is 12.4 Å². The molecule has 1 aliphatic rings. The molecule has 1 aromatic heterocycles. The second-order valence-electron chi connectivity index (χ2n) is 5.53. The van der Waals surface area contributed by atoms with E-state index in [4.69, 9.17) is 10.5 Å². The number of nitrogen functional groups attached to an aromatic ring is 1. The predicted octanol–water partition coefficient (Wildman–Crippen LogP) is 2.43. The van der Waals surface area contributed by atoms with Gasteiger partial charge in [0.15, 0.2) is 5.82 Å². The summed E-state index contributed by atoms with van der Waals surface area (Å²) in [6, 6.07) is 6.23. The lowest BCUT2D eigenvalue weighted by Gasteiger charge is -2.09. The van der Waals surface area contributed by atoms with E-state index in [2.05, 4.69) is 30.2 Å². The number of rotatable bonds is 5. The maximum Gasteiger partial charge on any atom is 0.169 e. The summed E-state index contributed by atoms with van der Waals surface area (Å²) in [5, 5.41) is 8.07. The Balaban J connectivity index is 1.62. The van der Waals surface area contributed by atoms with Crippen molar-refractivity contribution >= 4 is 5.82 Å². The molecule has 1 heterocycles. The molecule has 5 nitrogen and oxygen atoms in total. The van der Waals surface area contributed by atoms with Gasteiger partial charge in [-0.3, -0.25) is 0 Å². The molecule has 1 fully saturated rings. The summed E-state index contributed by atoms with van der Waals surface area (Å²) in [6.07, 6.45) is 2.38. The largest absolute Gasteiger partial charge is 0.492 e. The average Bonchev–Trinajstić information content (AvgIpc) is 3.13. The van der Waals surface area contributed by atoms with Crippen LogP contribution in [0, 0.1) is 13.8 Å². The van der Waals surface area contributed by atoms with Crippen LogP contribution in [-0.4, -0.2) is 21.6 Å². The van der Waals surface area contributed by atoms with Crippen molar-refractivity contribution in [3.05, 3.63) is 35.0 Å². The van der Waals surface area contributed by atoms with Crippen LogP contribution < -0.4 is 10.5 Å². The van der Waals surface area contributed by atoms with Crippen molar-refractivity contribution < 1.29 is 4.74 Å². The van der Waals surface area contributed by atoms with Crippen LogP contribution in [-0.2, 0) is 6.54 Å². The standard InChI is InChI=1S/C15H20N4O/c1-10-7-11(2)9-13(8-10)20-6-5-19-14(12-3-4-12)15(16)17-18-19/h7-9,12H,3-6,16H2,1-2H3. The first-order chi connectivity index (χ1) is 9.63. The van der Waals surface area contributed by atoms with E-state index in [-0.39, 0.29) is 0 Å². The smallest absolute Gasteiger partial charge is 0.169 e. The molecule has 20 heavy (non-hydrogen) atoms. The minimum atomic E-state index is 0.547. The van der Waals surface area contributed by atoms with E-state index in [0.29, 0.717) is 24.9 Å². The molecular weight excluding hydrogens is 252 g/mol. The second-order valence-corrected chi connectivity index (χ2v) is 5.53. The molecule has 0 saturated heterocycles. The Kier molecular flexibility index (Phi) is 3.34. The lowest BCUT2D eigenvalue weighted by Crippen LogP contribution is -2.12. The Bertz CT molecular complexity index is 596. The fourth-order valence-corrected chi connectivity index (χ4v) is 2.54. The van der Waals surface area contributed by atoms with Crippen LogP contribution in [0.15, 0.2) is 18.2 Å². The number of nitrogens with zero attached hydrogens (tertiary/aromatic N) is 3. The van der Waals surface area contributed by atoms with Crippen LogP contribution in [0.1, 0.15) is 35.6 Å². The molecular formula is C15H20N4O. The average molecular weight is 272 g/mol. The third-order valence-electron chi connectivity index (χ3n) is 3.53. The minimum absolute atomic E-state index is 0.547. The fourth-order valence-electron chi connectivity index (χ4n) is 2.54. The Morgan fingerprint density at radius 2 is 1.95 bits per heavy atom. The van der Waals surface area contributed by atoms with Gasteiger partial charge in [-0.05, 0) is 49.9 Å². The van der Waals surface area contributed by atoms with E-state index < -0.39 is 0 Å². The molecule has 0 unspecified atom stereocenters. The van der Waals surface area contributed by atoms with Gasteiger partial charge in [-0.15, -0.1) is 5.10 Å². The van der Waals surface area contributed by atoms with Crippen molar-refractivity contribution in [3.63, 3.8) is 0 Å². The van der Waals surface area contributed by atoms with Crippen LogP contribution in [0.2, 0.25) is 0 Å². The van der Waals surface area contributed by atoms with Crippen LogP contribution >= 0.6 is 0 Å². The van der Waals surface area contributed by atoms with Gasteiger partial charge >= 0.3 is 0 Å². The lowest BCUT2D eigenvalue weighted by molar-refractivity contribution is 0.287. The van der Waals surface area contributed by atoms with Gasteiger partial charge in [-0.1, -0.05) is 11.3 Å². The summed E-state index contributed by atoms with van der Waals surface area (Å²) in [5.41, 5.74) is 9.37. The second kappa shape index (κ2) is 5.15. The Hall–Kier alpha value is -2.04. The lowest BCUT2D eigenvalue weighted by atomic mass is 10.1. The van der Waals surface area contributed by atoms with E-state index in [1.54, 1.807) is 0 Å². The quantitative estimate of drug-likeness (QED) is 0.907. The van der Waals surface area contributed by atoms with Crippen molar-refractivity contribution in [2.75, 3.05) is 12.3 Å². The van der Waals surface area contributed by atoms with Crippen molar-refractivity contribution in [2.45, 2.75) is 39.2 Å². The zero-order valence-corrected chi connectivity index (χ0v) is 12.0. The minimum Gasteiger partial charge on any atom is -0.492 e. The maximum atomic E-state index is 5.87. The Labute approximate surface area is 118 Å². The number of benzene rings is 1. The summed E-state index contributed by atoms with van der Waals surface area (Å²) < 4.78 is 7.69. The maximum absolute atomic E-state index is 5.87. The summed E-state index contributed by atoms with van der Waals surface area (Å²) in [7, 11) is 0. The highest BCUT2D eigenvalue weighted by atomic mass is 16.5. The molecule has 0 aliphatic heterocycles. The van der Waals surface area contributed by atoms with Crippen molar-refractivity contribution in [3.8, 4) is 5.75 Å². The van der Waals surface area contributed by atoms with Gasteiger partial charge in [0.05, 0.1) is 12.2 Å². The van der Waals surface area contributed by atoms with Gasteiger partial charge in [-0.25, -0.2) is 4.68 Å². The van der Waals surface area contributed by atoms with Crippen LogP contribution in [0.4, 0.5) is 5.82 Å². The molecule has 0 bridgehead atoms. The number of aromatic nitrogens is 3. The highest BCUT2D eigenvalue weighted by Crippen LogP contribution is 2.41. The molecule has 2 aromatic rings. The van der Waals surface area contributed by atoms with Crippen molar-refractivity contribution in [1.82, 2.24) is 15.0 Å². The van der Waals surface area contributed by atoms with E-state index >= 15 is 0 Å². The van der Waals surface area contributed by atoms with Crippen LogP contribution in [0.25, 0.3) is 0 Å². The van der Waals surface area contributed by atoms with Crippen molar-refractivity contribution in [2.24, 2.45) is 0 Å². The normalized spacial score (nSPS) is 14.5. The van der Waals surface area contributed by atoms with E-state index in [1.165, 1.54) is 24.0 Å².